The number of amides is 1. The van der Waals surface area contributed by atoms with Gasteiger partial charge >= 0.3 is 5.97 Å². The first-order valence-electron chi connectivity index (χ1n) is 7.30. The van der Waals surface area contributed by atoms with Gasteiger partial charge in [-0.2, -0.15) is 0 Å². The molecule has 0 radical (unpaired) electrons. The maximum Gasteiger partial charge on any atom is 0.340 e. The minimum atomic E-state index is -0.419. The van der Waals surface area contributed by atoms with E-state index in [1.165, 1.54) is 7.11 Å². The minimum Gasteiger partial charge on any atom is -0.465 e. The molecule has 24 heavy (non-hydrogen) atoms. The Morgan fingerprint density at radius 1 is 1.17 bits per heavy atom. The lowest BCUT2D eigenvalue weighted by Crippen LogP contribution is -2.18. The number of methoxy groups -OCH3 is 1. The third-order valence-corrected chi connectivity index (χ3v) is 4.11. The summed E-state index contributed by atoms with van der Waals surface area (Å²) in [6.45, 7) is 0.101. The number of fused-ring (bicyclic) bond motifs is 1. The Hall–Kier alpha value is -2.60. The van der Waals surface area contributed by atoms with Crippen LogP contribution >= 0.6 is 15.9 Å². The lowest BCUT2D eigenvalue weighted by molar-refractivity contribution is -0.116. The van der Waals surface area contributed by atoms with E-state index in [4.69, 9.17) is 4.74 Å². The number of hydrogen-bond donors (Lipinski definition) is 1. The van der Waals surface area contributed by atoms with Gasteiger partial charge in [0.1, 0.15) is 6.54 Å². The Labute approximate surface area is 147 Å². The largest absolute Gasteiger partial charge is 0.465 e. The fraction of sp³-hybridized carbons (Fsp3) is 0.111. The summed E-state index contributed by atoms with van der Waals surface area (Å²) in [5.41, 5.74) is 1.96. The molecule has 6 heteroatoms. The van der Waals surface area contributed by atoms with E-state index >= 15 is 0 Å². The van der Waals surface area contributed by atoms with Crippen LogP contribution in [0.15, 0.2) is 59.2 Å². The molecule has 0 fully saturated rings. The highest BCUT2D eigenvalue weighted by Crippen LogP contribution is 2.22. The quantitative estimate of drug-likeness (QED) is 0.693. The van der Waals surface area contributed by atoms with Crippen molar-refractivity contribution in [1.82, 2.24) is 4.57 Å². The summed E-state index contributed by atoms with van der Waals surface area (Å²) in [5.74, 6) is -0.595. The van der Waals surface area contributed by atoms with E-state index in [1.807, 2.05) is 48.5 Å². The number of carbonyl (C=O) groups excluding carboxylic acids is 2. The van der Waals surface area contributed by atoms with Crippen molar-refractivity contribution in [1.29, 1.82) is 0 Å². The first-order chi connectivity index (χ1) is 11.6. The van der Waals surface area contributed by atoms with Crippen molar-refractivity contribution < 1.29 is 14.3 Å². The molecular weight excluding hydrogens is 372 g/mol. The summed E-state index contributed by atoms with van der Waals surface area (Å²) in [5, 5.41) is 3.61. The number of rotatable bonds is 4. The first kappa shape index (κ1) is 16.3. The maximum atomic E-state index is 12.3. The van der Waals surface area contributed by atoms with E-state index in [0.29, 0.717) is 11.3 Å². The van der Waals surface area contributed by atoms with E-state index in [0.717, 1.165) is 15.4 Å². The fourth-order valence-electron chi connectivity index (χ4n) is 2.57. The molecule has 1 amide bonds. The number of halogens is 1. The van der Waals surface area contributed by atoms with Crippen LogP contribution in [0, 0.1) is 0 Å². The Morgan fingerprint density at radius 2 is 1.96 bits per heavy atom. The third kappa shape index (κ3) is 3.33. The average molecular weight is 387 g/mol. The molecule has 5 nitrogen and oxygen atoms in total. The number of nitrogens with one attached hydrogen (secondary N) is 1. The van der Waals surface area contributed by atoms with Gasteiger partial charge in [-0.3, -0.25) is 4.79 Å². The van der Waals surface area contributed by atoms with E-state index in [2.05, 4.69) is 21.2 Å². The molecule has 0 aliphatic rings. The Bertz CT molecular complexity index is 918. The van der Waals surface area contributed by atoms with Crippen molar-refractivity contribution in [3.05, 3.63) is 64.8 Å². The standard InChI is InChI=1S/C18H15BrN2O3/c1-24-18(23)15-10-21(16-8-3-2-7-14(15)16)11-17(22)20-13-6-4-5-12(19)9-13/h2-10H,11H2,1H3,(H,20,22). The van der Waals surface area contributed by atoms with Crippen LogP contribution in [0.5, 0.6) is 0 Å². The molecule has 3 rings (SSSR count). The van der Waals surface area contributed by atoms with Gasteiger partial charge in [0.15, 0.2) is 0 Å². The van der Waals surface area contributed by atoms with Gasteiger partial charge < -0.3 is 14.6 Å². The second kappa shape index (κ2) is 6.88. The summed E-state index contributed by atoms with van der Waals surface area (Å²) in [6, 6.07) is 14.8. The van der Waals surface area contributed by atoms with E-state index in [9.17, 15) is 9.59 Å². The molecule has 0 saturated carbocycles. The van der Waals surface area contributed by atoms with Crippen LogP contribution in [0.4, 0.5) is 5.69 Å². The van der Waals surface area contributed by atoms with Crippen molar-refractivity contribution >= 4 is 44.4 Å². The van der Waals surface area contributed by atoms with Gasteiger partial charge in [-0.1, -0.05) is 40.2 Å². The summed E-state index contributed by atoms with van der Waals surface area (Å²) < 4.78 is 7.45. The van der Waals surface area contributed by atoms with E-state index < -0.39 is 5.97 Å². The highest BCUT2D eigenvalue weighted by molar-refractivity contribution is 9.10. The van der Waals surface area contributed by atoms with Gasteiger partial charge in [0.2, 0.25) is 5.91 Å². The van der Waals surface area contributed by atoms with Crippen LogP contribution < -0.4 is 5.32 Å². The monoisotopic (exact) mass is 386 g/mol. The molecule has 2 aromatic carbocycles. The molecule has 1 aromatic heterocycles. The Balaban J connectivity index is 1.87. The number of ether oxygens (including phenoxy) is 1. The zero-order chi connectivity index (χ0) is 17.1. The highest BCUT2D eigenvalue weighted by atomic mass is 79.9. The smallest absolute Gasteiger partial charge is 0.340 e. The van der Waals surface area contributed by atoms with Crippen LogP contribution in [0.1, 0.15) is 10.4 Å². The summed E-state index contributed by atoms with van der Waals surface area (Å²) in [7, 11) is 1.34. The van der Waals surface area contributed by atoms with Gasteiger partial charge in [-0.05, 0) is 24.3 Å². The normalized spacial score (nSPS) is 10.6. The van der Waals surface area contributed by atoms with Crippen molar-refractivity contribution in [2.75, 3.05) is 12.4 Å². The molecule has 0 atom stereocenters. The zero-order valence-electron chi connectivity index (χ0n) is 13.0. The van der Waals surface area contributed by atoms with Gasteiger partial charge in [-0.25, -0.2) is 4.79 Å². The SMILES string of the molecule is COC(=O)c1cn(CC(=O)Nc2cccc(Br)c2)c2ccccc12. The van der Waals surface area contributed by atoms with Gasteiger partial charge in [0.05, 0.1) is 12.7 Å². The minimum absolute atomic E-state index is 0.101. The topological polar surface area (TPSA) is 60.3 Å². The van der Waals surface area contributed by atoms with Crippen LogP contribution in [0.3, 0.4) is 0 Å². The zero-order valence-corrected chi connectivity index (χ0v) is 14.5. The molecule has 0 saturated heterocycles. The van der Waals surface area contributed by atoms with Gasteiger partial charge in [-0.15, -0.1) is 0 Å². The number of para-hydroxylation sites is 1. The maximum absolute atomic E-state index is 12.3. The van der Waals surface area contributed by atoms with Crippen molar-refractivity contribution in [2.24, 2.45) is 0 Å². The van der Waals surface area contributed by atoms with Crippen LogP contribution in [-0.2, 0) is 16.1 Å². The number of carbonyl (C=O) groups is 2. The average Bonchev–Trinajstić information content (AvgIpc) is 2.93. The lowest BCUT2D eigenvalue weighted by atomic mass is 10.2. The number of benzene rings is 2. The molecule has 0 aliphatic carbocycles. The molecule has 122 valence electrons. The summed E-state index contributed by atoms with van der Waals surface area (Å²) >= 11 is 3.37. The molecule has 0 spiro atoms. The first-order valence-corrected chi connectivity index (χ1v) is 8.09. The number of esters is 1. The molecule has 1 heterocycles. The fourth-order valence-corrected chi connectivity index (χ4v) is 2.97. The molecule has 0 bridgehead atoms. The van der Waals surface area contributed by atoms with Crippen LogP contribution in [0.25, 0.3) is 10.9 Å². The third-order valence-electron chi connectivity index (χ3n) is 3.62. The molecule has 3 aromatic rings. The summed E-state index contributed by atoms with van der Waals surface area (Å²) in [4.78, 5) is 24.2. The Morgan fingerprint density at radius 3 is 2.71 bits per heavy atom. The highest BCUT2D eigenvalue weighted by Gasteiger charge is 2.16. The van der Waals surface area contributed by atoms with Gasteiger partial charge in [0.25, 0.3) is 0 Å². The Kier molecular flexibility index (Phi) is 4.66. The van der Waals surface area contributed by atoms with E-state index in [-0.39, 0.29) is 12.5 Å². The molecule has 0 aliphatic heterocycles. The molecule has 0 unspecified atom stereocenters. The van der Waals surface area contributed by atoms with Crippen molar-refractivity contribution in [3.8, 4) is 0 Å². The molecule has 1 N–H and O–H groups in total. The number of hydrogen-bond acceptors (Lipinski definition) is 3. The second-order valence-electron chi connectivity index (χ2n) is 5.24. The predicted molar refractivity (Wildman–Crippen MR) is 96.0 cm³/mol. The summed E-state index contributed by atoms with van der Waals surface area (Å²) in [6.07, 6.45) is 1.65. The number of anilines is 1. The van der Waals surface area contributed by atoms with E-state index in [1.54, 1.807) is 10.8 Å². The number of nitrogens with zero attached hydrogens (tertiary/aromatic N) is 1. The van der Waals surface area contributed by atoms with Crippen molar-refractivity contribution in [3.63, 3.8) is 0 Å². The van der Waals surface area contributed by atoms with Crippen LogP contribution in [-0.4, -0.2) is 23.6 Å². The van der Waals surface area contributed by atoms with Crippen LogP contribution in [0.2, 0.25) is 0 Å². The predicted octanol–water partition coefficient (Wildman–Crippen LogP) is 3.83. The molecular formula is C18H15BrN2O3. The van der Waals surface area contributed by atoms with Gasteiger partial charge in [0, 0.05) is 27.3 Å². The van der Waals surface area contributed by atoms with Crippen molar-refractivity contribution in [2.45, 2.75) is 6.54 Å². The second-order valence-corrected chi connectivity index (χ2v) is 6.15. The number of aromatic nitrogens is 1. The lowest BCUT2D eigenvalue weighted by Gasteiger charge is -2.07.